The van der Waals surface area contributed by atoms with Crippen LogP contribution in [0.1, 0.15) is 30.1 Å². The summed E-state index contributed by atoms with van der Waals surface area (Å²) in [5.74, 6) is 1.16. The highest BCUT2D eigenvalue weighted by Crippen LogP contribution is 2.19. The van der Waals surface area contributed by atoms with Crippen LogP contribution >= 0.6 is 12.4 Å². The van der Waals surface area contributed by atoms with Gasteiger partial charge < -0.3 is 20.3 Å². The molecule has 0 saturated carbocycles. The zero-order valence-electron chi connectivity index (χ0n) is 17.4. The predicted molar refractivity (Wildman–Crippen MR) is 116 cm³/mol. The quantitative estimate of drug-likeness (QED) is 0.721. The summed E-state index contributed by atoms with van der Waals surface area (Å²) in [6.07, 6.45) is 1.89. The van der Waals surface area contributed by atoms with E-state index in [2.05, 4.69) is 22.5 Å². The van der Waals surface area contributed by atoms with E-state index in [0.29, 0.717) is 24.1 Å². The largest absolute Gasteiger partial charge is 0.497 e. The molecule has 0 aromatic heterocycles. The molecule has 0 bridgehead atoms. The Bertz CT molecular complexity index is 662. The number of carbonyl (C=O) groups is 2. The smallest absolute Gasteiger partial charge is 0.251 e. The van der Waals surface area contributed by atoms with Crippen LogP contribution in [0.2, 0.25) is 0 Å². The summed E-state index contributed by atoms with van der Waals surface area (Å²) in [5.41, 5.74) is 0.632. The van der Waals surface area contributed by atoms with E-state index in [9.17, 15) is 9.59 Å². The molecule has 8 heteroatoms. The first-order chi connectivity index (χ1) is 13.6. The maximum Gasteiger partial charge on any atom is 0.251 e. The first-order valence-electron chi connectivity index (χ1n) is 10.2. The minimum Gasteiger partial charge on any atom is -0.497 e. The van der Waals surface area contributed by atoms with Crippen molar-refractivity contribution in [3.63, 3.8) is 0 Å². The number of nitrogens with one attached hydrogen (secondary N) is 2. The lowest BCUT2D eigenvalue weighted by atomic mass is 9.92. The highest BCUT2D eigenvalue weighted by Gasteiger charge is 2.30. The number of methoxy groups -OCH3 is 1. The Morgan fingerprint density at radius 2 is 1.86 bits per heavy atom. The molecule has 2 fully saturated rings. The Balaban J connectivity index is 0.00000300. The number of piperazine rings is 1. The lowest BCUT2D eigenvalue weighted by Gasteiger charge is -2.38. The van der Waals surface area contributed by atoms with Gasteiger partial charge in [0.05, 0.1) is 7.11 Å². The fourth-order valence-electron chi connectivity index (χ4n) is 3.98. The van der Waals surface area contributed by atoms with Crippen LogP contribution < -0.4 is 15.4 Å². The van der Waals surface area contributed by atoms with Gasteiger partial charge in [0.1, 0.15) is 5.75 Å². The molecule has 2 amide bonds. The summed E-state index contributed by atoms with van der Waals surface area (Å²) in [4.78, 5) is 29.3. The van der Waals surface area contributed by atoms with Crippen molar-refractivity contribution in [2.75, 3.05) is 52.9 Å². The molecule has 7 nitrogen and oxygen atoms in total. The van der Waals surface area contributed by atoms with Crippen molar-refractivity contribution in [1.82, 2.24) is 20.4 Å². The van der Waals surface area contributed by atoms with Crippen molar-refractivity contribution in [3.8, 4) is 5.75 Å². The summed E-state index contributed by atoms with van der Waals surface area (Å²) in [6.45, 7) is 7.78. The third kappa shape index (κ3) is 6.59. The number of amides is 2. The molecule has 2 N–H and O–H groups in total. The summed E-state index contributed by atoms with van der Waals surface area (Å²) in [7, 11) is 1.61. The van der Waals surface area contributed by atoms with Gasteiger partial charge in [-0.2, -0.15) is 0 Å². The minimum atomic E-state index is -0.0727. The number of nitrogens with zero attached hydrogens (tertiary/aromatic N) is 2. The molecule has 3 rings (SSSR count). The van der Waals surface area contributed by atoms with Crippen LogP contribution in [0, 0.1) is 5.92 Å². The SMILES string of the molecule is COc1ccc(C(=O)NCCN2CCN(C(=O)[C@H]3CCN[C@@H](C)C3)CC2)cc1.Cl. The number of rotatable bonds is 6. The van der Waals surface area contributed by atoms with Crippen molar-refractivity contribution in [1.29, 1.82) is 0 Å². The van der Waals surface area contributed by atoms with Gasteiger partial charge in [0, 0.05) is 56.8 Å². The van der Waals surface area contributed by atoms with Crippen LogP contribution in [-0.4, -0.2) is 80.6 Å². The first kappa shape index (κ1) is 23.4. The third-order valence-electron chi connectivity index (χ3n) is 5.72. The number of hydrogen-bond donors (Lipinski definition) is 2. The van der Waals surface area contributed by atoms with Gasteiger partial charge in [-0.05, 0) is 50.6 Å². The average molecular weight is 425 g/mol. The molecule has 2 atom stereocenters. The van der Waals surface area contributed by atoms with Crippen LogP contribution in [-0.2, 0) is 4.79 Å². The standard InChI is InChI=1S/C21H32N4O3.ClH/c1-16-15-18(7-8-22-16)21(27)25-13-11-24(12-14-25)10-9-23-20(26)17-3-5-19(28-2)6-4-17;/h3-6,16,18,22H,7-15H2,1-2H3,(H,23,26);1H/t16-,18-;/m0./s1. The number of halogens is 1. The third-order valence-corrected chi connectivity index (χ3v) is 5.72. The van der Waals surface area contributed by atoms with E-state index in [1.54, 1.807) is 31.4 Å². The summed E-state index contributed by atoms with van der Waals surface area (Å²) >= 11 is 0. The van der Waals surface area contributed by atoms with Gasteiger partial charge in [-0.1, -0.05) is 0 Å². The van der Waals surface area contributed by atoms with Gasteiger partial charge in [-0.3, -0.25) is 14.5 Å². The molecule has 1 aromatic rings. The lowest BCUT2D eigenvalue weighted by Crippen LogP contribution is -2.53. The highest BCUT2D eigenvalue weighted by atomic mass is 35.5. The van der Waals surface area contributed by atoms with E-state index in [-0.39, 0.29) is 24.2 Å². The van der Waals surface area contributed by atoms with E-state index in [1.807, 2.05) is 4.90 Å². The molecule has 0 unspecified atom stereocenters. The number of benzene rings is 1. The van der Waals surface area contributed by atoms with Crippen molar-refractivity contribution < 1.29 is 14.3 Å². The Labute approximate surface area is 179 Å². The van der Waals surface area contributed by atoms with Crippen LogP contribution in [0.25, 0.3) is 0 Å². The van der Waals surface area contributed by atoms with Crippen LogP contribution in [0.4, 0.5) is 0 Å². The second-order valence-electron chi connectivity index (χ2n) is 7.73. The highest BCUT2D eigenvalue weighted by molar-refractivity contribution is 5.94. The van der Waals surface area contributed by atoms with Crippen molar-refractivity contribution in [2.24, 2.45) is 5.92 Å². The van der Waals surface area contributed by atoms with E-state index in [0.717, 1.165) is 57.9 Å². The maximum atomic E-state index is 12.7. The molecule has 29 heavy (non-hydrogen) atoms. The van der Waals surface area contributed by atoms with Gasteiger partial charge in [-0.15, -0.1) is 12.4 Å². The van der Waals surface area contributed by atoms with E-state index < -0.39 is 0 Å². The monoisotopic (exact) mass is 424 g/mol. The molecule has 0 radical (unpaired) electrons. The fourth-order valence-corrected chi connectivity index (χ4v) is 3.98. The number of ether oxygens (including phenoxy) is 1. The zero-order valence-corrected chi connectivity index (χ0v) is 18.2. The maximum absolute atomic E-state index is 12.7. The first-order valence-corrected chi connectivity index (χ1v) is 10.2. The van der Waals surface area contributed by atoms with Gasteiger partial charge >= 0.3 is 0 Å². The number of piperidine rings is 1. The molecule has 162 valence electrons. The molecule has 2 aliphatic rings. The topological polar surface area (TPSA) is 73.9 Å². The molecule has 0 spiro atoms. The van der Waals surface area contributed by atoms with E-state index >= 15 is 0 Å². The number of hydrogen-bond acceptors (Lipinski definition) is 5. The van der Waals surface area contributed by atoms with Crippen molar-refractivity contribution >= 4 is 24.2 Å². The zero-order chi connectivity index (χ0) is 19.9. The van der Waals surface area contributed by atoms with Gasteiger partial charge in [0.15, 0.2) is 0 Å². The van der Waals surface area contributed by atoms with Crippen molar-refractivity contribution in [2.45, 2.75) is 25.8 Å². The van der Waals surface area contributed by atoms with Crippen LogP contribution in [0.5, 0.6) is 5.75 Å². The molecule has 0 aliphatic carbocycles. The molecular weight excluding hydrogens is 392 g/mol. The van der Waals surface area contributed by atoms with E-state index in [4.69, 9.17) is 4.74 Å². The number of carbonyl (C=O) groups excluding carboxylic acids is 2. The molecular formula is C21H33ClN4O3. The Morgan fingerprint density at radius 3 is 2.48 bits per heavy atom. The summed E-state index contributed by atoms with van der Waals surface area (Å²) in [6, 6.07) is 7.53. The van der Waals surface area contributed by atoms with Crippen LogP contribution in [0.15, 0.2) is 24.3 Å². The van der Waals surface area contributed by atoms with Gasteiger partial charge in [0.25, 0.3) is 5.91 Å². The molecule has 2 heterocycles. The van der Waals surface area contributed by atoms with Gasteiger partial charge in [0.2, 0.25) is 5.91 Å². The summed E-state index contributed by atoms with van der Waals surface area (Å²) < 4.78 is 5.11. The lowest BCUT2D eigenvalue weighted by molar-refractivity contribution is -0.138. The Hall–Kier alpha value is -1.83. The van der Waals surface area contributed by atoms with Crippen molar-refractivity contribution in [3.05, 3.63) is 29.8 Å². The molecule has 2 aliphatic heterocycles. The van der Waals surface area contributed by atoms with Gasteiger partial charge in [-0.25, -0.2) is 0 Å². The normalized spacial score (nSPS) is 22.5. The second-order valence-corrected chi connectivity index (χ2v) is 7.73. The molecule has 1 aromatic carbocycles. The Morgan fingerprint density at radius 1 is 1.17 bits per heavy atom. The summed E-state index contributed by atoms with van der Waals surface area (Å²) in [5, 5.41) is 6.37. The second kappa shape index (κ2) is 11.4. The predicted octanol–water partition coefficient (Wildman–Crippen LogP) is 1.38. The minimum absolute atomic E-state index is 0. The average Bonchev–Trinajstić information content (AvgIpc) is 2.73. The Kier molecular flexibility index (Phi) is 9.20. The van der Waals surface area contributed by atoms with E-state index in [1.165, 1.54) is 0 Å². The van der Waals surface area contributed by atoms with Crippen LogP contribution in [0.3, 0.4) is 0 Å². The fraction of sp³-hybridized carbons (Fsp3) is 0.619. The molecule has 2 saturated heterocycles.